The Morgan fingerprint density at radius 1 is 1.31 bits per heavy atom. The minimum Gasteiger partial charge on any atom is -0.469 e. The molecule has 2 rings (SSSR count). The Kier molecular flexibility index (Phi) is 3.13. The van der Waals surface area contributed by atoms with Crippen LogP contribution in [0.4, 0.5) is 5.82 Å². The summed E-state index contributed by atoms with van der Waals surface area (Å²) in [6.45, 7) is 3.88. The van der Waals surface area contributed by atoms with Gasteiger partial charge in [0, 0.05) is 7.05 Å². The molecule has 84 valence electrons. The fourth-order valence-corrected chi connectivity index (χ4v) is 1.97. The second-order valence-electron chi connectivity index (χ2n) is 3.44. The Labute approximate surface area is 108 Å². The number of anilines is 1. The third kappa shape index (κ3) is 1.91. The molecule has 0 aliphatic carbocycles. The zero-order valence-electron chi connectivity index (χ0n) is 9.34. The molecule has 2 heterocycles. The Morgan fingerprint density at radius 2 is 2.06 bits per heavy atom. The molecule has 0 aromatic carbocycles. The molecule has 0 fully saturated rings. The lowest BCUT2D eigenvalue weighted by atomic mass is 10.2. The van der Waals surface area contributed by atoms with Crippen molar-refractivity contribution < 1.29 is 4.42 Å². The van der Waals surface area contributed by atoms with Crippen LogP contribution in [-0.4, -0.2) is 17.0 Å². The summed E-state index contributed by atoms with van der Waals surface area (Å²) in [5, 5.41) is 3.07. The summed E-state index contributed by atoms with van der Waals surface area (Å²) in [6.07, 6.45) is 1.65. The topological polar surface area (TPSA) is 51.0 Å². The molecule has 0 atom stereocenters. The number of nitrogens with zero attached hydrogens (tertiary/aromatic N) is 2. The molecule has 0 saturated heterocycles. The van der Waals surface area contributed by atoms with E-state index in [0.717, 1.165) is 26.4 Å². The van der Waals surface area contributed by atoms with Crippen LogP contribution in [0.1, 0.15) is 11.5 Å². The van der Waals surface area contributed by atoms with Gasteiger partial charge in [-0.3, -0.25) is 0 Å². The van der Waals surface area contributed by atoms with E-state index in [1.165, 1.54) is 0 Å². The van der Waals surface area contributed by atoms with Gasteiger partial charge >= 0.3 is 0 Å². The van der Waals surface area contributed by atoms with Gasteiger partial charge in [0.1, 0.15) is 11.6 Å². The van der Waals surface area contributed by atoms with Crippen LogP contribution in [0.2, 0.25) is 0 Å². The largest absolute Gasteiger partial charge is 0.469 e. The molecular weight excluding hydrogens is 317 g/mol. The molecule has 0 unspecified atom stereocenters. The molecule has 0 amide bonds. The van der Waals surface area contributed by atoms with Crippen molar-refractivity contribution in [2.24, 2.45) is 0 Å². The van der Waals surface area contributed by atoms with E-state index in [1.807, 2.05) is 27.0 Å². The maximum absolute atomic E-state index is 5.26. The summed E-state index contributed by atoms with van der Waals surface area (Å²) in [7, 11) is 1.86. The van der Waals surface area contributed by atoms with Crippen molar-refractivity contribution in [2.45, 2.75) is 13.8 Å². The van der Waals surface area contributed by atoms with E-state index in [1.54, 1.807) is 6.26 Å². The van der Waals surface area contributed by atoms with Crippen LogP contribution < -0.4 is 5.32 Å². The zero-order chi connectivity index (χ0) is 11.7. The summed E-state index contributed by atoms with van der Waals surface area (Å²) in [5.74, 6) is 2.39. The van der Waals surface area contributed by atoms with Crippen molar-refractivity contribution in [1.29, 1.82) is 0 Å². The number of furan rings is 1. The molecule has 0 saturated carbocycles. The van der Waals surface area contributed by atoms with Gasteiger partial charge in [-0.15, -0.1) is 0 Å². The third-order valence-corrected chi connectivity index (χ3v) is 3.64. The Morgan fingerprint density at radius 3 is 2.62 bits per heavy atom. The predicted octanol–water partition coefficient (Wildman–Crippen LogP) is 3.00. The van der Waals surface area contributed by atoms with Crippen molar-refractivity contribution in [3.63, 3.8) is 0 Å². The number of aromatic nitrogens is 2. The van der Waals surface area contributed by atoms with Crippen LogP contribution in [0, 0.1) is 17.4 Å². The molecule has 5 heteroatoms. The van der Waals surface area contributed by atoms with Gasteiger partial charge in [0.05, 0.1) is 21.1 Å². The zero-order valence-corrected chi connectivity index (χ0v) is 11.5. The van der Waals surface area contributed by atoms with E-state index in [0.29, 0.717) is 5.82 Å². The van der Waals surface area contributed by atoms with Gasteiger partial charge in [-0.1, -0.05) is 0 Å². The summed E-state index contributed by atoms with van der Waals surface area (Å²) in [6, 6.07) is 1.89. The van der Waals surface area contributed by atoms with E-state index >= 15 is 0 Å². The molecule has 16 heavy (non-hydrogen) atoms. The maximum atomic E-state index is 5.26. The highest BCUT2D eigenvalue weighted by Gasteiger charge is 2.12. The number of rotatable bonds is 2. The molecule has 2 aromatic rings. The van der Waals surface area contributed by atoms with Crippen molar-refractivity contribution in [3.8, 4) is 11.4 Å². The number of nitrogens with one attached hydrogen (secondary N) is 1. The minimum absolute atomic E-state index is 0.702. The van der Waals surface area contributed by atoms with Gasteiger partial charge in [-0.05, 0) is 42.5 Å². The molecular formula is C11H12IN3O. The maximum Gasteiger partial charge on any atom is 0.165 e. The standard InChI is InChI=1S/C11H12IN3O/c1-6-9(12)11(13-3)15-10(14-6)8-4-5-16-7(8)2/h4-5H,1-3H3,(H,13,14,15). The van der Waals surface area contributed by atoms with Gasteiger partial charge in [-0.25, -0.2) is 9.97 Å². The summed E-state index contributed by atoms with van der Waals surface area (Å²) in [4.78, 5) is 8.93. The highest BCUT2D eigenvalue weighted by molar-refractivity contribution is 14.1. The first-order valence-corrected chi connectivity index (χ1v) is 5.97. The van der Waals surface area contributed by atoms with E-state index in [2.05, 4.69) is 37.9 Å². The lowest BCUT2D eigenvalue weighted by Crippen LogP contribution is -2.02. The highest BCUT2D eigenvalue weighted by atomic mass is 127. The highest BCUT2D eigenvalue weighted by Crippen LogP contribution is 2.25. The quantitative estimate of drug-likeness (QED) is 0.861. The first kappa shape index (κ1) is 11.4. The monoisotopic (exact) mass is 329 g/mol. The van der Waals surface area contributed by atoms with Crippen molar-refractivity contribution >= 4 is 28.4 Å². The van der Waals surface area contributed by atoms with Crippen LogP contribution in [0.3, 0.4) is 0 Å². The van der Waals surface area contributed by atoms with Gasteiger partial charge in [-0.2, -0.15) is 0 Å². The third-order valence-electron chi connectivity index (χ3n) is 2.35. The molecule has 0 bridgehead atoms. The van der Waals surface area contributed by atoms with Gasteiger partial charge in [0.2, 0.25) is 0 Å². The van der Waals surface area contributed by atoms with Crippen molar-refractivity contribution in [3.05, 3.63) is 27.4 Å². The fraction of sp³-hybridized carbons (Fsp3) is 0.273. The SMILES string of the molecule is CNc1nc(-c2ccoc2C)nc(C)c1I. The molecule has 1 N–H and O–H groups in total. The van der Waals surface area contributed by atoms with Gasteiger partial charge in [0.15, 0.2) is 5.82 Å². The van der Waals surface area contributed by atoms with Crippen LogP contribution in [-0.2, 0) is 0 Å². The first-order chi connectivity index (χ1) is 7.63. The summed E-state index contributed by atoms with van der Waals surface area (Å²) >= 11 is 2.24. The average molecular weight is 329 g/mol. The summed E-state index contributed by atoms with van der Waals surface area (Å²) in [5.41, 5.74) is 1.91. The van der Waals surface area contributed by atoms with E-state index in [9.17, 15) is 0 Å². The van der Waals surface area contributed by atoms with Crippen molar-refractivity contribution in [1.82, 2.24) is 9.97 Å². The number of aryl methyl sites for hydroxylation is 2. The average Bonchev–Trinajstić information content (AvgIpc) is 2.68. The lowest BCUT2D eigenvalue weighted by molar-refractivity contribution is 0.535. The Balaban J connectivity index is 2.59. The minimum atomic E-state index is 0.702. The Bertz CT molecular complexity index is 522. The molecule has 0 radical (unpaired) electrons. The van der Waals surface area contributed by atoms with Crippen LogP contribution in [0.15, 0.2) is 16.7 Å². The molecule has 0 aliphatic heterocycles. The second-order valence-corrected chi connectivity index (χ2v) is 4.51. The molecule has 0 aliphatic rings. The second kappa shape index (κ2) is 4.40. The van der Waals surface area contributed by atoms with Gasteiger partial charge < -0.3 is 9.73 Å². The van der Waals surface area contributed by atoms with E-state index in [-0.39, 0.29) is 0 Å². The van der Waals surface area contributed by atoms with Crippen LogP contribution in [0.5, 0.6) is 0 Å². The number of hydrogen-bond acceptors (Lipinski definition) is 4. The van der Waals surface area contributed by atoms with Crippen LogP contribution >= 0.6 is 22.6 Å². The number of halogens is 1. The van der Waals surface area contributed by atoms with Crippen molar-refractivity contribution in [2.75, 3.05) is 12.4 Å². The molecule has 0 spiro atoms. The lowest BCUT2D eigenvalue weighted by Gasteiger charge is -2.07. The normalized spacial score (nSPS) is 10.5. The van der Waals surface area contributed by atoms with E-state index < -0.39 is 0 Å². The summed E-state index contributed by atoms with van der Waals surface area (Å²) < 4.78 is 6.31. The number of hydrogen-bond donors (Lipinski definition) is 1. The van der Waals surface area contributed by atoms with Gasteiger partial charge in [0.25, 0.3) is 0 Å². The first-order valence-electron chi connectivity index (χ1n) is 4.90. The van der Waals surface area contributed by atoms with Crippen LogP contribution in [0.25, 0.3) is 11.4 Å². The molecule has 2 aromatic heterocycles. The van der Waals surface area contributed by atoms with E-state index in [4.69, 9.17) is 4.42 Å². The molecule has 4 nitrogen and oxygen atoms in total. The Hall–Kier alpha value is -1.11. The fourth-order valence-electron chi connectivity index (χ4n) is 1.46. The smallest absolute Gasteiger partial charge is 0.165 e. The predicted molar refractivity (Wildman–Crippen MR) is 71.5 cm³/mol.